The van der Waals surface area contributed by atoms with E-state index in [0.717, 1.165) is 12.0 Å². The number of hydrogen-bond donors (Lipinski definition) is 1. The number of hydrogen-bond acceptors (Lipinski definition) is 4. The topological polar surface area (TPSA) is 71.3 Å². The number of methoxy groups -OCH3 is 1. The molecule has 1 heterocycles. The maximum absolute atomic E-state index is 11.9. The molecule has 0 spiro atoms. The lowest BCUT2D eigenvalue weighted by atomic mass is 10.1. The zero-order valence-corrected chi connectivity index (χ0v) is 10.8. The van der Waals surface area contributed by atoms with Gasteiger partial charge in [-0.15, -0.1) is 0 Å². The highest BCUT2D eigenvalue weighted by Gasteiger charge is 2.25. The first kappa shape index (κ1) is 13.4. The average molecular weight is 260 g/mol. The molecule has 5 nitrogen and oxygen atoms in total. The summed E-state index contributed by atoms with van der Waals surface area (Å²) in [5, 5.41) is 11.9. The van der Waals surface area contributed by atoms with Crippen molar-refractivity contribution in [1.29, 1.82) is 5.26 Å². The van der Waals surface area contributed by atoms with E-state index in [1.54, 1.807) is 31.4 Å². The maximum Gasteiger partial charge on any atom is 0.250 e. The van der Waals surface area contributed by atoms with Crippen molar-refractivity contribution < 1.29 is 14.3 Å². The van der Waals surface area contributed by atoms with Crippen molar-refractivity contribution in [2.24, 2.45) is 0 Å². The van der Waals surface area contributed by atoms with E-state index in [-0.39, 0.29) is 5.91 Å². The highest BCUT2D eigenvalue weighted by atomic mass is 16.5. The van der Waals surface area contributed by atoms with Crippen molar-refractivity contribution in [2.45, 2.75) is 25.0 Å². The Morgan fingerprint density at radius 3 is 2.79 bits per heavy atom. The number of ether oxygens (including phenoxy) is 2. The van der Waals surface area contributed by atoms with Crippen LogP contribution < -0.4 is 10.1 Å². The van der Waals surface area contributed by atoms with Crippen LogP contribution in [-0.2, 0) is 9.53 Å². The highest BCUT2D eigenvalue weighted by molar-refractivity contribution is 5.81. The summed E-state index contributed by atoms with van der Waals surface area (Å²) in [6.07, 6.45) is 1.18. The number of carbonyl (C=O) groups excluding carboxylic acids is 1. The SMILES string of the molecule is COc1ccc(C(C#N)NC(=O)C2CCCO2)cc1. The Morgan fingerprint density at radius 2 is 2.26 bits per heavy atom. The number of nitrogens with one attached hydrogen (secondary N) is 1. The number of nitriles is 1. The zero-order valence-electron chi connectivity index (χ0n) is 10.8. The van der Waals surface area contributed by atoms with Crippen LogP contribution in [0.3, 0.4) is 0 Å². The van der Waals surface area contributed by atoms with Gasteiger partial charge in [0.2, 0.25) is 5.91 Å². The van der Waals surface area contributed by atoms with Crippen molar-refractivity contribution in [1.82, 2.24) is 5.32 Å². The summed E-state index contributed by atoms with van der Waals surface area (Å²) in [6, 6.07) is 8.47. The Balaban J connectivity index is 2.02. The summed E-state index contributed by atoms with van der Waals surface area (Å²) in [4.78, 5) is 11.9. The Labute approximate surface area is 112 Å². The fourth-order valence-corrected chi connectivity index (χ4v) is 2.01. The zero-order chi connectivity index (χ0) is 13.7. The summed E-state index contributed by atoms with van der Waals surface area (Å²) in [6.45, 7) is 0.609. The molecule has 1 aliphatic heterocycles. The molecule has 0 bridgehead atoms. The lowest BCUT2D eigenvalue weighted by molar-refractivity contribution is -0.130. The third-order valence-corrected chi connectivity index (χ3v) is 3.09. The Bertz CT molecular complexity index is 472. The highest BCUT2D eigenvalue weighted by Crippen LogP contribution is 2.19. The quantitative estimate of drug-likeness (QED) is 0.891. The first-order valence-electron chi connectivity index (χ1n) is 6.20. The van der Waals surface area contributed by atoms with Crippen molar-refractivity contribution >= 4 is 5.91 Å². The second-order valence-corrected chi connectivity index (χ2v) is 4.35. The van der Waals surface area contributed by atoms with Crippen LogP contribution in [0.5, 0.6) is 5.75 Å². The van der Waals surface area contributed by atoms with Crippen LogP contribution in [0.25, 0.3) is 0 Å². The molecule has 1 N–H and O–H groups in total. The third kappa shape index (κ3) is 3.24. The lowest BCUT2D eigenvalue weighted by Gasteiger charge is -2.15. The van der Waals surface area contributed by atoms with Crippen LogP contribution in [0.15, 0.2) is 24.3 Å². The molecule has 2 unspecified atom stereocenters. The summed E-state index contributed by atoms with van der Waals surface area (Å²) >= 11 is 0. The van der Waals surface area contributed by atoms with Gasteiger partial charge in [-0.2, -0.15) is 5.26 Å². The monoisotopic (exact) mass is 260 g/mol. The average Bonchev–Trinajstić information content (AvgIpc) is 2.99. The maximum atomic E-state index is 11.9. The first-order valence-corrected chi connectivity index (χ1v) is 6.20. The van der Waals surface area contributed by atoms with Gasteiger partial charge in [0.05, 0.1) is 13.2 Å². The Hall–Kier alpha value is -2.06. The van der Waals surface area contributed by atoms with Gasteiger partial charge in [0.1, 0.15) is 17.9 Å². The molecule has 19 heavy (non-hydrogen) atoms. The van der Waals surface area contributed by atoms with Crippen LogP contribution in [-0.4, -0.2) is 25.7 Å². The molecule has 2 atom stereocenters. The van der Waals surface area contributed by atoms with Crippen LogP contribution in [0.1, 0.15) is 24.4 Å². The minimum atomic E-state index is -0.664. The van der Waals surface area contributed by atoms with Gasteiger partial charge < -0.3 is 14.8 Å². The molecule has 2 rings (SSSR count). The van der Waals surface area contributed by atoms with Crippen LogP contribution >= 0.6 is 0 Å². The standard InChI is InChI=1S/C14H16N2O3/c1-18-11-6-4-10(5-7-11)12(9-15)16-14(17)13-3-2-8-19-13/h4-7,12-13H,2-3,8H2,1H3,(H,16,17). The fraction of sp³-hybridized carbons (Fsp3) is 0.429. The number of carbonyl (C=O) groups is 1. The number of benzene rings is 1. The molecule has 1 aromatic carbocycles. The van der Waals surface area contributed by atoms with Gasteiger partial charge in [0.25, 0.3) is 0 Å². The van der Waals surface area contributed by atoms with E-state index in [9.17, 15) is 4.79 Å². The van der Waals surface area contributed by atoms with E-state index in [2.05, 4.69) is 11.4 Å². The largest absolute Gasteiger partial charge is 0.497 e. The van der Waals surface area contributed by atoms with Gasteiger partial charge in [-0.1, -0.05) is 12.1 Å². The van der Waals surface area contributed by atoms with Gasteiger partial charge >= 0.3 is 0 Å². The molecule has 0 saturated carbocycles. The Kier molecular flexibility index (Phi) is 4.37. The van der Waals surface area contributed by atoms with Gasteiger partial charge in [0, 0.05) is 6.61 Å². The smallest absolute Gasteiger partial charge is 0.250 e. The molecule has 5 heteroatoms. The summed E-state index contributed by atoms with van der Waals surface area (Å²) in [5.41, 5.74) is 0.731. The van der Waals surface area contributed by atoms with E-state index >= 15 is 0 Å². The molecular formula is C14H16N2O3. The van der Waals surface area contributed by atoms with Crippen molar-refractivity contribution in [3.8, 4) is 11.8 Å². The lowest BCUT2D eigenvalue weighted by Crippen LogP contribution is -2.36. The molecule has 1 amide bonds. The first-order chi connectivity index (χ1) is 9.24. The molecule has 0 aromatic heterocycles. The van der Waals surface area contributed by atoms with Crippen molar-refractivity contribution in [3.05, 3.63) is 29.8 Å². The van der Waals surface area contributed by atoms with Crippen molar-refractivity contribution in [2.75, 3.05) is 13.7 Å². The van der Waals surface area contributed by atoms with Crippen molar-refractivity contribution in [3.63, 3.8) is 0 Å². The van der Waals surface area contributed by atoms with Gasteiger partial charge in [-0.05, 0) is 30.5 Å². The minimum Gasteiger partial charge on any atom is -0.497 e. The fourth-order valence-electron chi connectivity index (χ4n) is 2.01. The predicted octanol–water partition coefficient (Wildman–Crippen LogP) is 1.56. The van der Waals surface area contributed by atoms with E-state index in [1.165, 1.54) is 0 Å². The minimum absolute atomic E-state index is 0.222. The molecule has 1 fully saturated rings. The van der Waals surface area contributed by atoms with Crippen LogP contribution in [0.2, 0.25) is 0 Å². The normalized spacial score (nSPS) is 19.5. The molecule has 0 aliphatic carbocycles. The molecule has 1 saturated heterocycles. The molecule has 1 aromatic rings. The van der Waals surface area contributed by atoms with Crippen LogP contribution in [0.4, 0.5) is 0 Å². The second kappa shape index (κ2) is 6.21. The number of rotatable bonds is 4. The molecule has 100 valence electrons. The van der Waals surface area contributed by atoms with Crippen LogP contribution in [0, 0.1) is 11.3 Å². The summed E-state index contributed by atoms with van der Waals surface area (Å²) < 4.78 is 10.3. The number of amides is 1. The van der Waals surface area contributed by atoms with Gasteiger partial charge in [-0.25, -0.2) is 0 Å². The number of nitrogens with zero attached hydrogens (tertiary/aromatic N) is 1. The summed E-state index contributed by atoms with van der Waals surface area (Å²) in [5.74, 6) is 0.491. The van der Waals surface area contributed by atoms with Gasteiger partial charge in [0.15, 0.2) is 0 Å². The molecular weight excluding hydrogens is 244 g/mol. The Morgan fingerprint density at radius 1 is 1.53 bits per heavy atom. The second-order valence-electron chi connectivity index (χ2n) is 4.35. The molecule has 0 radical (unpaired) electrons. The van der Waals surface area contributed by atoms with E-state index in [0.29, 0.717) is 18.8 Å². The molecule has 1 aliphatic rings. The third-order valence-electron chi connectivity index (χ3n) is 3.09. The van der Waals surface area contributed by atoms with E-state index in [4.69, 9.17) is 14.7 Å². The predicted molar refractivity (Wildman–Crippen MR) is 68.5 cm³/mol. The van der Waals surface area contributed by atoms with E-state index < -0.39 is 12.1 Å². The summed E-state index contributed by atoms with van der Waals surface area (Å²) in [7, 11) is 1.58. The van der Waals surface area contributed by atoms with E-state index in [1.807, 2.05) is 0 Å². The van der Waals surface area contributed by atoms with Gasteiger partial charge in [-0.3, -0.25) is 4.79 Å².